The molecule has 4 aromatic rings. The van der Waals surface area contributed by atoms with E-state index >= 15 is 0 Å². The van der Waals surface area contributed by atoms with Crippen LogP contribution in [0.15, 0.2) is 59.7 Å². The third-order valence-electron chi connectivity index (χ3n) is 6.00. The average Bonchev–Trinajstić information content (AvgIpc) is 3.50. The summed E-state index contributed by atoms with van der Waals surface area (Å²) >= 11 is 0. The van der Waals surface area contributed by atoms with Gasteiger partial charge in [0, 0.05) is 30.9 Å². The molecule has 0 fully saturated rings. The van der Waals surface area contributed by atoms with Crippen molar-refractivity contribution in [2.24, 2.45) is 12.0 Å². The first-order valence-electron chi connectivity index (χ1n) is 12.2. The quantitative estimate of drug-likeness (QED) is 0.174. The summed E-state index contributed by atoms with van der Waals surface area (Å²) in [6.07, 6.45) is -3.83. The van der Waals surface area contributed by atoms with Gasteiger partial charge >= 0.3 is 6.18 Å². The number of aromatic nitrogens is 4. The molecule has 0 radical (unpaired) electrons. The smallest absolute Gasteiger partial charge is 0.435 e. The van der Waals surface area contributed by atoms with Crippen molar-refractivity contribution in [1.29, 1.82) is 0 Å². The molecule has 0 aliphatic rings. The molecule has 0 spiro atoms. The fourth-order valence-electron chi connectivity index (χ4n) is 4.13. The Morgan fingerprint density at radius 1 is 1.12 bits per heavy atom. The van der Waals surface area contributed by atoms with E-state index in [1.165, 1.54) is 26.3 Å². The molecule has 2 N–H and O–H groups in total. The summed E-state index contributed by atoms with van der Waals surface area (Å²) in [6, 6.07) is 13.3. The summed E-state index contributed by atoms with van der Waals surface area (Å²) < 4.78 is 60.7. The van der Waals surface area contributed by atoms with E-state index in [9.17, 15) is 22.4 Å². The Bertz CT molecular complexity index is 1560. The van der Waals surface area contributed by atoms with Crippen molar-refractivity contribution < 1.29 is 27.1 Å². The van der Waals surface area contributed by atoms with Crippen molar-refractivity contribution in [2.45, 2.75) is 38.8 Å². The first-order valence-corrected chi connectivity index (χ1v) is 12.2. The number of methoxy groups -OCH3 is 1. The highest BCUT2D eigenvalue weighted by molar-refractivity contribution is 6.08. The number of hydrogen-bond donors (Lipinski definition) is 2. The van der Waals surface area contributed by atoms with Gasteiger partial charge in [-0.05, 0) is 41.3 Å². The van der Waals surface area contributed by atoms with Crippen LogP contribution in [0, 0.1) is 5.82 Å². The van der Waals surface area contributed by atoms with Gasteiger partial charge in [0.2, 0.25) is 0 Å². The molecule has 2 heterocycles. The lowest BCUT2D eigenvalue weighted by Gasteiger charge is -2.21. The number of benzene rings is 2. The second kappa shape index (κ2) is 10.9. The van der Waals surface area contributed by atoms with Crippen LogP contribution in [0.4, 0.5) is 23.2 Å². The number of ether oxygens (including phenoxy) is 1. The maximum atomic E-state index is 14.2. The van der Waals surface area contributed by atoms with Gasteiger partial charge in [-0.3, -0.25) is 14.6 Å². The lowest BCUT2D eigenvalue weighted by Crippen LogP contribution is -2.33. The normalized spacial score (nSPS) is 12.5. The zero-order valence-electron chi connectivity index (χ0n) is 22.5. The highest BCUT2D eigenvalue weighted by Crippen LogP contribution is 2.32. The number of carbonyl (C=O) groups is 1. The predicted molar refractivity (Wildman–Crippen MR) is 142 cm³/mol. The van der Waals surface area contributed by atoms with Crippen LogP contribution < -0.4 is 10.1 Å². The second-order valence-corrected chi connectivity index (χ2v) is 10.1. The number of hydrogen-bond acceptors (Lipinski definition) is 5. The number of H-pyrrole nitrogens is 1. The highest BCUT2D eigenvalue weighted by atomic mass is 19.4. The maximum Gasteiger partial charge on any atom is 0.435 e. The fraction of sp³-hybridized carbons (Fsp3) is 0.286. The summed E-state index contributed by atoms with van der Waals surface area (Å²) in [5, 5.41) is 13.0. The van der Waals surface area contributed by atoms with Crippen LogP contribution in [-0.2, 0) is 25.1 Å². The van der Waals surface area contributed by atoms with E-state index < -0.39 is 29.2 Å². The molecule has 0 bridgehead atoms. The Morgan fingerprint density at radius 3 is 2.50 bits per heavy atom. The molecule has 0 aliphatic heterocycles. The number of alkyl halides is 3. The fourth-order valence-corrected chi connectivity index (χ4v) is 4.13. The zero-order valence-corrected chi connectivity index (χ0v) is 22.5. The van der Waals surface area contributed by atoms with Gasteiger partial charge < -0.3 is 10.1 Å². The second-order valence-electron chi connectivity index (χ2n) is 10.1. The summed E-state index contributed by atoms with van der Waals surface area (Å²) in [4.78, 5) is 17.8. The first kappa shape index (κ1) is 28.5. The van der Waals surface area contributed by atoms with E-state index in [2.05, 4.69) is 25.6 Å². The van der Waals surface area contributed by atoms with Crippen LogP contribution in [0.2, 0.25) is 0 Å². The van der Waals surface area contributed by atoms with E-state index in [-0.39, 0.29) is 23.4 Å². The minimum absolute atomic E-state index is 0.0164. The molecular weight excluding hydrogens is 528 g/mol. The van der Waals surface area contributed by atoms with Crippen molar-refractivity contribution in [3.8, 4) is 17.0 Å². The monoisotopic (exact) mass is 556 g/mol. The van der Waals surface area contributed by atoms with Gasteiger partial charge in [0.1, 0.15) is 5.84 Å². The van der Waals surface area contributed by atoms with Gasteiger partial charge in [-0.15, -0.1) is 0 Å². The van der Waals surface area contributed by atoms with E-state index in [4.69, 9.17) is 4.74 Å². The zero-order chi connectivity index (χ0) is 29.2. The molecular formula is C28H28F4N6O2. The number of amidine groups is 1. The molecule has 0 saturated heterocycles. The highest BCUT2D eigenvalue weighted by Gasteiger charge is 2.39. The summed E-state index contributed by atoms with van der Waals surface area (Å²) in [5.74, 6) is -1.41. The molecule has 2 aromatic carbocycles. The van der Waals surface area contributed by atoms with Gasteiger partial charge in [0.15, 0.2) is 17.3 Å². The molecule has 4 rings (SSSR count). The molecule has 0 saturated carbocycles. The van der Waals surface area contributed by atoms with Crippen LogP contribution >= 0.6 is 0 Å². The molecule has 12 heteroatoms. The number of nitrogens with zero attached hydrogens (tertiary/aromatic N) is 4. The van der Waals surface area contributed by atoms with Crippen molar-refractivity contribution in [3.63, 3.8) is 0 Å². The molecule has 0 unspecified atom stereocenters. The van der Waals surface area contributed by atoms with Gasteiger partial charge in [0.05, 0.1) is 24.1 Å². The Hall–Kier alpha value is -4.48. The van der Waals surface area contributed by atoms with Crippen LogP contribution in [-0.4, -0.2) is 38.8 Å². The number of carbonyl (C=O) groups excluding carboxylic acids is 1. The SMILES string of the molecule is COc1ccc(-c2cc(CC(=Nc3ccccc3C(C)(C)C)NC(=O)c3cn(C)nc3C(F)(F)F)[nH]n2)cc1F. The Kier molecular flexibility index (Phi) is 7.81. The number of nitrogens with one attached hydrogen (secondary N) is 2. The molecule has 40 heavy (non-hydrogen) atoms. The predicted octanol–water partition coefficient (Wildman–Crippen LogP) is 5.98. The van der Waals surface area contributed by atoms with E-state index in [0.717, 1.165) is 16.4 Å². The lowest BCUT2D eigenvalue weighted by molar-refractivity contribution is -0.141. The van der Waals surface area contributed by atoms with E-state index in [1.54, 1.807) is 24.3 Å². The largest absolute Gasteiger partial charge is 0.494 e. The third kappa shape index (κ3) is 6.38. The molecule has 2 aromatic heterocycles. The van der Waals surface area contributed by atoms with Gasteiger partial charge in [-0.1, -0.05) is 39.0 Å². The van der Waals surface area contributed by atoms with Crippen molar-refractivity contribution in [3.05, 3.63) is 83.1 Å². The number of aromatic amines is 1. The summed E-state index contributed by atoms with van der Waals surface area (Å²) in [7, 11) is 2.66. The van der Waals surface area contributed by atoms with Crippen LogP contribution in [0.5, 0.6) is 5.75 Å². The third-order valence-corrected chi connectivity index (χ3v) is 6.00. The molecule has 210 valence electrons. The minimum atomic E-state index is -4.82. The standard InChI is InChI=1S/C28H28F4N6O2/c1-27(2,3)19-8-6-7-9-21(19)33-24(34-26(39)18-15-38(4)37-25(18)28(30,31)32)14-17-13-22(36-35-17)16-10-11-23(40-5)20(29)12-16/h6-13,15H,14H2,1-5H3,(H,35,36)(H,33,34,39). The van der Waals surface area contributed by atoms with Crippen LogP contribution in [0.1, 0.15) is 48.1 Å². The Morgan fingerprint density at radius 2 is 1.85 bits per heavy atom. The topological polar surface area (TPSA) is 97.2 Å². The molecule has 0 atom stereocenters. The Labute approximate surface area is 228 Å². The molecule has 8 nitrogen and oxygen atoms in total. The molecule has 1 amide bonds. The summed E-state index contributed by atoms with van der Waals surface area (Å²) in [5.41, 5.74) is 0.568. The van der Waals surface area contributed by atoms with Crippen molar-refractivity contribution in [2.75, 3.05) is 7.11 Å². The van der Waals surface area contributed by atoms with Gasteiger partial charge in [-0.25, -0.2) is 9.38 Å². The van der Waals surface area contributed by atoms with E-state index in [0.29, 0.717) is 22.6 Å². The van der Waals surface area contributed by atoms with Crippen molar-refractivity contribution >= 4 is 17.4 Å². The minimum Gasteiger partial charge on any atom is -0.494 e. The van der Waals surface area contributed by atoms with Gasteiger partial charge in [0.25, 0.3) is 5.91 Å². The first-order chi connectivity index (χ1) is 18.8. The van der Waals surface area contributed by atoms with E-state index in [1.807, 2.05) is 32.9 Å². The number of aliphatic imine (C=N–C) groups is 1. The molecule has 0 aliphatic carbocycles. The average molecular weight is 557 g/mol. The van der Waals surface area contributed by atoms with Crippen molar-refractivity contribution in [1.82, 2.24) is 25.3 Å². The van der Waals surface area contributed by atoms with Gasteiger partial charge in [-0.2, -0.15) is 23.4 Å². The number of para-hydroxylation sites is 1. The van der Waals surface area contributed by atoms with Crippen LogP contribution in [0.3, 0.4) is 0 Å². The number of halogens is 4. The number of rotatable bonds is 6. The number of amides is 1. The Balaban J connectivity index is 1.71. The maximum absolute atomic E-state index is 14.2. The number of aryl methyl sites for hydroxylation is 1. The lowest BCUT2D eigenvalue weighted by atomic mass is 9.86. The van der Waals surface area contributed by atoms with Crippen LogP contribution in [0.25, 0.3) is 11.3 Å². The summed E-state index contributed by atoms with van der Waals surface area (Å²) in [6.45, 7) is 6.00.